The highest BCUT2D eigenvalue weighted by Crippen LogP contribution is 2.26. The van der Waals surface area contributed by atoms with Crippen LogP contribution in [0.15, 0.2) is 18.2 Å². The number of carbonyl (C=O) groups is 1. The van der Waals surface area contributed by atoms with Gasteiger partial charge in [0.05, 0.1) is 5.69 Å². The zero-order valence-electron chi connectivity index (χ0n) is 10.9. The van der Waals surface area contributed by atoms with Crippen LogP contribution >= 0.6 is 0 Å². The van der Waals surface area contributed by atoms with E-state index in [1.807, 2.05) is 13.0 Å². The number of piperidine rings is 1. The second-order valence-corrected chi connectivity index (χ2v) is 5.09. The molecule has 0 aliphatic carbocycles. The van der Waals surface area contributed by atoms with E-state index in [0.29, 0.717) is 11.6 Å². The van der Waals surface area contributed by atoms with Crippen LogP contribution in [0.25, 0.3) is 0 Å². The lowest BCUT2D eigenvalue weighted by Crippen LogP contribution is -2.40. The van der Waals surface area contributed by atoms with Crippen LogP contribution in [0.3, 0.4) is 0 Å². The molecule has 1 aromatic carbocycles. The second kappa shape index (κ2) is 5.40. The number of benzene rings is 1. The minimum Gasteiger partial charge on any atom is -0.506 e. The Kier molecular flexibility index (Phi) is 3.87. The lowest BCUT2D eigenvalue weighted by atomic mass is 9.87. The predicted octanol–water partition coefficient (Wildman–Crippen LogP) is 1.88. The summed E-state index contributed by atoms with van der Waals surface area (Å²) in [6.07, 6.45) is 0.847. The first-order valence-electron chi connectivity index (χ1n) is 6.39. The van der Waals surface area contributed by atoms with Crippen molar-refractivity contribution in [1.29, 1.82) is 0 Å². The average Bonchev–Trinajstić information content (AvgIpc) is 2.34. The van der Waals surface area contributed by atoms with Gasteiger partial charge in [-0.05, 0) is 50.0 Å². The maximum atomic E-state index is 12.2. The molecule has 0 spiro atoms. The zero-order valence-corrected chi connectivity index (χ0v) is 10.9. The van der Waals surface area contributed by atoms with Crippen LogP contribution in [0.4, 0.5) is 5.69 Å². The molecule has 1 saturated heterocycles. The molecule has 2 atom stereocenters. The number of aryl methyl sites for hydroxylation is 1. The van der Waals surface area contributed by atoms with E-state index in [1.54, 1.807) is 12.1 Å². The number of nitrogens with one attached hydrogen (secondary N) is 2. The molecule has 1 amide bonds. The Balaban J connectivity index is 2.08. The molecule has 1 fully saturated rings. The van der Waals surface area contributed by atoms with Gasteiger partial charge in [0.25, 0.3) is 0 Å². The Morgan fingerprint density at radius 3 is 3.00 bits per heavy atom. The topological polar surface area (TPSA) is 61.4 Å². The van der Waals surface area contributed by atoms with E-state index >= 15 is 0 Å². The van der Waals surface area contributed by atoms with Crippen LogP contribution in [0.5, 0.6) is 5.75 Å². The van der Waals surface area contributed by atoms with E-state index in [-0.39, 0.29) is 17.6 Å². The maximum absolute atomic E-state index is 12.2. The number of carbonyl (C=O) groups excluding carboxylic acids is 1. The third-order valence-corrected chi connectivity index (χ3v) is 3.53. The smallest absolute Gasteiger partial charge is 0.227 e. The number of phenolic OH excluding ortho intramolecular Hbond substituents is 1. The van der Waals surface area contributed by atoms with Gasteiger partial charge in [0, 0.05) is 5.92 Å². The van der Waals surface area contributed by atoms with Crippen molar-refractivity contribution in [3.8, 4) is 5.75 Å². The highest BCUT2D eigenvalue weighted by Gasteiger charge is 2.27. The molecule has 0 bridgehead atoms. The highest BCUT2D eigenvalue weighted by atomic mass is 16.3. The average molecular weight is 248 g/mol. The molecule has 4 heteroatoms. The standard InChI is InChI=1S/C14H20N2O2/c1-9-3-4-13(17)12(7-9)16-14(18)11-5-6-15-8-10(11)2/h3-4,7,10-11,15,17H,5-6,8H2,1-2H3,(H,16,18). The SMILES string of the molecule is Cc1ccc(O)c(NC(=O)C2CCNCC2C)c1. The van der Waals surface area contributed by atoms with E-state index in [2.05, 4.69) is 17.6 Å². The van der Waals surface area contributed by atoms with Crippen molar-refractivity contribution in [3.63, 3.8) is 0 Å². The number of hydrogen-bond donors (Lipinski definition) is 3. The monoisotopic (exact) mass is 248 g/mol. The molecule has 1 aliphatic heterocycles. The van der Waals surface area contributed by atoms with Gasteiger partial charge in [-0.15, -0.1) is 0 Å². The molecule has 0 aromatic heterocycles. The van der Waals surface area contributed by atoms with E-state index in [1.165, 1.54) is 0 Å². The van der Waals surface area contributed by atoms with Crippen molar-refractivity contribution in [2.45, 2.75) is 20.3 Å². The molecule has 1 aromatic rings. The van der Waals surface area contributed by atoms with Gasteiger partial charge in [-0.25, -0.2) is 0 Å². The molecular formula is C14H20N2O2. The summed E-state index contributed by atoms with van der Waals surface area (Å²) in [5, 5.41) is 15.8. The predicted molar refractivity (Wildman–Crippen MR) is 71.6 cm³/mol. The Morgan fingerprint density at radius 1 is 1.50 bits per heavy atom. The van der Waals surface area contributed by atoms with Gasteiger partial charge >= 0.3 is 0 Å². The van der Waals surface area contributed by atoms with E-state index in [4.69, 9.17) is 0 Å². The molecule has 2 rings (SSSR count). The van der Waals surface area contributed by atoms with Crippen molar-refractivity contribution in [1.82, 2.24) is 5.32 Å². The number of hydrogen-bond acceptors (Lipinski definition) is 3. The molecule has 4 nitrogen and oxygen atoms in total. The van der Waals surface area contributed by atoms with Crippen LogP contribution < -0.4 is 10.6 Å². The van der Waals surface area contributed by atoms with Crippen LogP contribution in [0.1, 0.15) is 18.9 Å². The Hall–Kier alpha value is -1.55. The molecular weight excluding hydrogens is 228 g/mol. The third kappa shape index (κ3) is 2.82. The number of amides is 1. The fourth-order valence-electron chi connectivity index (χ4n) is 2.38. The highest BCUT2D eigenvalue weighted by molar-refractivity contribution is 5.94. The second-order valence-electron chi connectivity index (χ2n) is 5.09. The first-order chi connectivity index (χ1) is 8.58. The Bertz CT molecular complexity index is 445. The summed E-state index contributed by atoms with van der Waals surface area (Å²) in [4.78, 5) is 12.2. The van der Waals surface area contributed by atoms with Crippen molar-refractivity contribution in [2.75, 3.05) is 18.4 Å². The molecule has 0 saturated carbocycles. The van der Waals surface area contributed by atoms with Crippen LogP contribution in [0, 0.1) is 18.8 Å². The normalized spacial score (nSPS) is 23.7. The molecule has 1 aliphatic rings. The Morgan fingerprint density at radius 2 is 2.28 bits per heavy atom. The number of rotatable bonds is 2. The molecule has 3 N–H and O–H groups in total. The lowest BCUT2D eigenvalue weighted by molar-refractivity contribution is -0.122. The summed E-state index contributed by atoms with van der Waals surface area (Å²) in [5.74, 6) is 0.470. The van der Waals surface area contributed by atoms with Crippen molar-refractivity contribution >= 4 is 11.6 Å². The quantitative estimate of drug-likeness (QED) is 0.700. The molecule has 98 valence electrons. The van der Waals surface area contributed by atoms with E-state index < -0.39 is 0 Å². The van der Waals surface area contributed by atoms with Gasteiger partial charge in [-0.1, -0.05) is 13.0 Å². The van der Waals surface area contributed by atoms with Gasteiger partial charge in [0.15, 0.2) is 0 Å². The largest absolute Gasteiger partial charge is 0.506 e. The third-order valence-electron chi connectivity index (χ3n) is 3.53. The fourth-order valence-corrected chi connectivity index (χ4v) is 2.38. The van der Waals surface area contributed by atoms with Gasteiger partial charge in [-0.2, -0.15) is 0 Å². The number of phenols is 1. The minimum absolute atomic E-state index is 0.00454. The van der Waals surface area contributed by atoms with Crippen LogP contribution in [-0.4, -0.2) is 24.1 Å². The summed E-state index contributed by atoms with van der Waals surface area (Å²) in [6.45, 7) is 5.76. The minimum atomic E-state index is 0.00454. The van der Waals surface area contributed by atoms with Crippen LogP contribution in [-0.2, 0) is 4.79 Å². The number of anilines is 1. The summed E-state index contributed by atoms with van der Waals surface area (Å²) in [5.41, 5.74) is 1.52. The summed E-state index contributed by atoms with van der Waals surface area (Å²) in [6, 6.07) is 5.22. The van der Waals surface area contributed by atoms with Gasteiger partial charge < -0.3 is 15.7 Å². The zero-order chi connectivity index (χ0) is 13.1. The van der Waals surface area contributed by atoms with Crippen molar-refractivity contribution < 1.29 is 9.90 Å². The first kappa shape index (κ1) is 12.9. The number of aromatic hydroxyl groups is 1. The maximum Gasteiger partial charge on any atom is 0.227 e. The first-order valence-corrected chi connectivity index (χ1v) is 6.39. The Labute approximate surface area is 107 Å². The fraction of sp³-hybridized carbons (Fsp3) is 0.500. The van der Waals surface area contributed by atoms with Gasteiger partial charge in [0.1, 0.15) is 5.75 Å². The van der Waals surface area contributed by atoms with Gasteiger partial charge in [0.2, 0.25) is 5.91 Å². The van der Waals surface area contributed by atoms with Gasteiger partial charge in [-0.3, -0.25) is 4.79 Å². The van der Waals surface area contributed by atoms with Crippen molar-refractivity contribution in [3.05, 3.63) is 23.8 Å². The molecule has 1 heterocycles. The summed E-state index contributed by atoms with van der Waals surface area (Å²) < 4.78 is 0. The summed E-state index contributed by atoms with van der Waals surface area (Å²) >= 11 is 0. The lowest BCUT2D eigenvalue weighted by Gasteiger charge is -2.28. The summed E-state index contributed by atoms with van der Waals surface area (Å²) in [7, 11) is 0. The molecule has 0 radical (unpaired) electrons. The van der Waals surface area contributed by atoms with E-state index in [0.717, 1.165) is 25.1 Å². The van der Waals surface area contributed by atoms with E-state index in [9.17, 15) is 9.90 Å². The molecule has 18 heavy (non-hydrogen) atoms. The molecule has 2 unspecified atom stereocenters. The van der Waals surface area contributed by atoms with Crippen molar-refractivity contribution in [2.24, 2.45) is 11.8 Å². The van der Waals surface area contributed by atoms with Crippen LogP contribution in [0.2, 0.25) is 0 Å².